The maximum atomic E-state index is 12.7. The van der Waals surface area contributed by atoms with E-state index in [1.165, 1.54) is 0 Å². The minimum Gasteiger partial charge on any atom is -0.322 e. The molecule has 1 fully saturated rings. The molecule has 2 aromatic rings. The number of benzene rings is 1. The molecular formula is C18H25N5O. The van der Waals surface area contributed by atoms with E-state index in [1.54, 1.807) is 0 Å². The lowest BCUT2D eigenvalue weighted by Crippen LogP contribution is -2.51. The minimum atomic E-state index is -0.147. The quantitative estimate of drug-likeness (QED) is 0.898. The molecule has 2 N–H and O–H groups in total. The number of amides is 1. The third-order valence-corrected chi connectivity index (χ3v) is 4.62. The second-order valence-corrected chi connectivity index (χ2v) is 6.24. The fraction of sp³-hybridized carbons (Fsp3) is 0.444. The van der Waals surface area contributed by atoms with E-state index in [1.807, 2.05) is 55.8 Å². The molecule has 6 heteroatoms. The Hall–Kier alpha value is -2.18. The molecule has 2 heterocycles. The van der Waals surface area contributed by atoms with Crippen LogP contribution in [-0.4, -0.2) is 52.8 Å². The summed E-state index contributed by atoms with van der Waals surface area (Å²) in [7, 11) is 0. The number of nitrogens with zero attached hydrogens (tertiary/aromatic N) is 3. The van der Waals surface area contributed by atoms with Crippen LogP contribution in [0.3, 0.4) is 0 Å². The molecule has 6 nitrogen and oxygen atoms in total. The summed E-state index contributed by atoms with van der Waals surface area (Å²) in [6.45, 7) is 9.54. The number of anilines is 1. The van der Waals surface area contributed by atoms with Crippen LogP contribution in [0.1, 0.15) is 18.3 Å². The van der Waals surface area contributed by atoms with Gasteiger partial charge in [0, 0.05) is 26.2 Å². The van der Waals surface area contributed by atoms with Gasteiger partial charge in [0.05, 0.1) is 28.8 Å². The maximum absolute atomic E-state index is 12.7. The number of hydrogen-bond acceptors (Lipinski definition) is 4. The van der Waals surface area contributed by atoms with E-state index < -0.39 is 0 Å². The van der Waals surface area contributed by atoms with Crippen molar-refractivity contribution >= 4 is 11.6 Å². The second kappa shape index (κ2) is 7.15. The molecule has 1 aliphatic heterocycles. The molecule has 0 spiro atoms. The highest BCUT2D eigenvalue weighted by Gasteiger charge is 2.24. The van der Waals surface area contributed by atoms with Crippen LogP contribution in [0, 0.1) is 13.8 Å². The Kier molecular flexibility index (Phi) is 4.97. The van der Waals surface area contributed by atoms with Crippen molar-refractivity contribution in [2.75, 3.05) is 31.5 Å². The van der Waals surface area contributed by atoms with E-state index in [-0.39, 0.29) is 11.9 Å². The molecule has 1 saturated heterocycles. The largest absolute Gasteiger partial charge is 0.322 e. The molecule has 3 rings (SSSR count). The molecule has 1 aromatic carbocycles. The average molecular weight is 327 g/mol. The van der Waals surface area contributed by atoms with Crippen molar-refractivity contribution in [3.05, 3.63) is 41.7 Å². The highest BCUT2D eigenvalue weighted by atomic mass is 16.2. The van der Waals surface area contributed by atoms with Gasteiger partial charge in [-0.2, -0.15) is 5.10 Å². The van der Waals surface area contributed by atoms with Gasteiger partial charge in [0.15, 0.2) is 0 Å². The third-order valence-electron chi connectivity index (χ3n) is 4.62. The van der Waals surface area contributed by atoms with Crippen molar-refractivity contribution in [2.45, 2.75) is 26.8 Å². The van der Waals surface area contributed by atoms with E-state index in [0.717, 1.165) is 48.9 Å². The van der Waals surface area contributed by atoms with Gasteiger partial charge >= 0.3 is 0 Å². The van der Waals surface area contributed by atoms with Crippen LogP contribution in [0.5, 0.6) is 0 Å². The van der Waals surface area contributed by atoms with Gasteiger partial charge in [-0.3, -0.25) is 9.69 Å². The van der Waals surface area contributed by atoms with E-state index in [9.17, 15) is 4.79 Å². The number of carbonyl (C=O) groups is 1. The van der Waals surface area contributed by atoms with E-state index >= 15 is 0 Å². The molecule has 0 bridgehead atoms. The van der Waals surface area contributed by atoms with Gasteiger partial charge in [-0.1, -0.05) is 18.2 Å². The van der Waals surface area contributed by atoms with Crippen LogP contribution in [-0.2, 0) is 4.79 Å². The lowest BCUT2D eigenvalue weighted by molar-refractivity contribution is -0.121. The van der Waals surface area contributed by atoms with E-state index in [4.69, 9.17) is 0 Å². The predicted molar refractivity (Wildman–Crippen MR) is 95.6 cm³/mol. The van der Waals surface area contributed by atoms with Crippen LogP contribution in [0.2, 0.25) is 0 Å². The molecule has 1 aromatic heterocycles. The zero-order chi connectivity index (χ0) is 17.1. The fourth-order valence-electron chi connectivity index (χ4n) is 3.11. The molecule has 24 heavy (non-hydrogen) atoms. The zero-order valence-corrected chi connectivity index (χ0v) is 14.5. The Morgan fingerprint density at radius 2 is 1.88 bits per heavy atom. The zero-order valence-electron chi connectivity index (χ0n) is 14.5. The first-order valence-electron chi connectivity index (χ1n) is 8.45. The Morgan fingerprint density at radius 3 is 2.54 bits per heavy atom. The van der Waals surface area contributed by atoms with Gasteiger partial charge < -0.3 is 10.6 Å². The first-order valence-corrected chi connectivity index (χ1v) is 8.45. The van der Waals surface area contributed by atoms with Crippen molar-refractivity contribution in [1.82, 2.24) is 20.0 Å². The van der Waals surface area contributed by atoms with Crippen molar-refractivity contribution in [2.24, 2.45) is 0 Å². The summed E-state index contributed by atoms with van der Waals surface area (Å²) in [5.74, 6) is 0.0238. The monoisotopic (exact) mass is 327 g/mol. The highest BCUT2D eigenvalue weighted by molar-refractivity contribution is 5.95. The highest BCUT2D eigenvalue weighted by Crippen LogP contribution is 2.23. The van der Waals surface area contributed by atoms with Gasteiger partial charge in [-0.15, -0.1) is 0 Å². The lowest BCUT2D eigenvalue weighted by atomic mass is 10.2. The number of para-hydroxylation sites is 1. The summed E-state index contributed by atoms with van der Waals surface area (Å²) in [6.07, 6.45) is 0. The fourth-order valence-corrected chi connectivity index (χ4v) is 3.11. The summed E-state index contributed by atoms with van der Waals surface area (Å²) in [6, 6.07) is 9.81. The number of aryl methyl sites for hydroxylation is 1. The number of carbonyl (C=O) groups excluding carboxylic acids is 1. The predicted octanol–water partition coefficient (Wildman–Crippen LogP) is 1.72. The van der Waals surface area contributed by atoms with Crippen LogP contribution >= 0.6 is 0 Å². The molecule has 1 aliphatic rings. The van der Waals surface area contributed by atoms with Gasteiger partial charge in [0.2, 0.25) is 5.91 Å². The van der Waals surface area contributed by atoms with Gasteiger partial charge in [-0.05, 0) is 32.9 Å². The summed E-state index contributed by atoms with van der Waals surface area (Å²) in [4.78, 5) is 14.9. The molecule has 1 unspecified atom stereocenters. The molecule has 1 atom stereocenters. The Morgan fingerprint density at radius 1 is 1.21 bits per heavy atom. The standard InChI is InChI=1S/C18H25N5O/c1-13-17(14(2)23(21-13)16-7-5-4-6-8-16)20-18(24)15(3)22-11-9-19-10-12-22/h4-8,15,19H,9-12H2,1-3H3,(H,20,24). The van der Waals surface area contributed by atoms with Crippen molar-refractivity contribution in [3.8, 4) is 5.69 Å². The van der Waals surface area contributed by atoms with Crippen LogP contribution in [0.25, 0.3) is 5.69 Å². The molecular weight excluding hydrogens is 302 g/mol. The van der Waals surface area contributed by atoms with Gasteiger partial charge in [-0.25, -0.2) is 4.68 Å². The van der Waals surface area contributed by atoms with Crippen LogP contribution < -0.4 is 10.6 Å². The van der Waals surface area contributed by atoms with Crippen LogP contribution in [0.15, 0.2) is 30.3 Å². The maximum Gasteiger partial charge on any atom is 0.241 e. The molecule has 0 radical (unpaired) electrons. The SMILES string of the molecule is Cc1nn(-c2ccccc2)c(C)c1NC(=O)C(C)N1CCNCC1. The second-order valence-electron chi connectivity index (χ2n) is 6.24. The van der Waals surface area contributed by atoms with Gasteiger partial charge in [0.25, 0.3) is 0 Å². The molecule has 0 saturated carbocycles. The molecule has 0 aliphatic carbocycles. The third kappa shape index (κ3) is 3.34. The number of piperazine rings is 1. The Balaban J connectivity index is 1.77. The van der Waals surface area contributed by atoms with Crippen LogP contribution in [0.4, 0.5) is 5.69 Å². The average Bonchev–Trinajstić information content (AvgIpc) is 2.90. The van der Waals surface area contributed by atoms with Crippen molar-refractivity contribution in [3.63, 3.8) is 0 Å². The van der Waals surface area contributed by atoms with E-state index in [0.29, 0.717) is 0 Å². The first kappa shape index (κ1) is 16.7. The van der Waals surface area contributed by atoms with E-state index in [2.05, 4.69) is 20.6 Å². The lowest BCUT2D eigenvalue weighted by Gasteiger charge is -2.31. The molecule has 128 valence electrons. The topological polar surface area (TPSA) is 62.2 Å². The molecule has 1 amide bonds. The summed E-state index contributed by atoms with van der Waals surface area (Å²) >= 11 is 0. The number of rotatable bonds is 4. The normalized spacial score (nSPS) is 16.8. The number of aromatic nitrogens is 2. The summed E-state index contributed by atoms with van der Waals surface area (Å²) in [5.41, 5.74) is 3.58. The Labute approximate surface area is 142 Å². The van der Waals surface area contributed by atoms with Gasteiger partial charge in [0.1, 0.15) is 0 Å². The summed E-state index contributed by atoms with van der Waals surface area (Å²) in [5, 5.41) is 11.0. The minimum absolute atomic E-state index is 0.0238. The smallest absolute Gasteiger partial charge is 0.241 e. The Bertz CT molecular complexity index is 704. The summed E-state index contributed by atoms with van der Waals surface area (Å²) < 4.78 is 1.88. The van der Waals surface area contributed by atoms with Crippen molar-refractivity contribution < 1.29 is 4.79 Å². The number of hydrogen-bond donors (Lipinski definition) is 2. The first-order chi connectivity index (χ1) is 11.6. The van der Waals surface area contributed by atoms with Crippen molar-refractivity contribution in [1.29, 1.82) is 0 Å². The number of nitrogens with one attached hydrogen (secondary N) is 2.